The fourth-order valence-electron chi connectivity index (χ4n) is 6.42. The highest BCUT2D eigenvalue weighted by atomic mass is 32.2. The van der Waals surface area contributed by atoms with Gasteiger partial charge >= 0.3 is 0 Å². The summed E-state index contributed by atoms with van der Waals surface area (Å²) in [6.45, 7) is 10.5. The van der Waals surface area contributed by atoms with Gasteiger partial charge in [0.1, 0.15) is 18.3 Å². The zero-order chi connectivity index (χ0) is 30.8. The summed E-state index contributed by atoms with van der Waals surface area (Å²) in [5.41, 5.74) is 1.89. The number of anilines is 1. The van der Waals surface area contributed by atoms with Crippen molar-refractivity contribution in [3.8, 4) is 0 Å². The van der Waals surface area contributed by atoms with Crippen LogP contribution in [0, 0.1) is 11.6 Å². The fraction of sp³-hybridized carbons (Fsp3) is 0.667. The first-order valence-electron chi connectivity index (χ1n) is 15.3. The molecule has 14 heteroatoms. The minimum atomic E-state index is -0.850. The molecule has 1 aromatic carbocycles. The Morgan fingerprint density at radius 3 is 2.61 bits per heavy atom. The fourth-order valence-corrected chi connectivity index (χ4v) is 7.11. The zero-order valence-corrected chi connectivity index (χ0v) is 26.3. The number of rotatable bonds is 10. The van der Waals surface area contributed by atoms with E-state index < -0.39 is 23.2 Å². The Morgan fingerprint density at radius 1 is 1.05 bits per heavy atom. The van der Waals surface area contributed by atoms with E-state index in [-0.39, 0.29) is 42.4 Å². The Kier molecular flexibility index (Phi) is 7.81. The molecule has 2 aliphatic carbocycles. The molecule has 0 radical (unpaired) electrons. The SMILES string of the molecule is CCCSc1nc(N[C@@H]2C[C@H]2c2ccc(F)c(F)c2)c2nnn([C@@H]3C[C@H](OCC4COC(C)(C)O4)[C@H]4OC(C)(C)OC34)c2n1. The van der Waals surface area contributed by atoms with Gasteiger partial charge in [-0.2, -0.15) is 0 Å². The molecule has 2 unspecified atom stereocenters. The maximum absolute atomic E-state index is 13.9. The van der Waals surface area contributed by atoms with Gasteiger partial charge in [-0.15, -0.1) is 5.10 Å². The van der Waals surface area contributed by atoms with Gasteiger partial charge in [0.25, 0.3) is 0 Å². The maximum Gasteiger partial charge on any atom is 0.191 e. The summed E-state index contributed by atoms with van der Waals surface area (Å²) >= 11 is 1.57. The quantitative estimate of drug-likeness (QED) is 0.241. The summed E-state index contributed by atoms with van der Waals surface area (Å²) in [6, 6.07) is 3.83. The normalized spacial score (nSPS) is 31.9. The highest BCUT2D eigenvalue weighted by Gasteiger charge is 2.56. The summed E-state index contributed by atoms with van der Waals surface area (Å²) in [5, 5.41) is 13.2. The average molecular weight is 633 g/mol. The van der Waals surface area contributed by atoms with Crippen molar-refractivity contribution < 1.29 is 32.5 Å². The van der Waals surface area contributed by atoms with Crippen molar-refractivity contribution in [3.63, 3.8) is 0 Å². The van der Waals surface area contributed by atoms with Gasteiger partial charge < -0.3 is 29.0 Å². The van der Waals surface area contributed by atoms with Gasteiger partial charge in [-0.05, 0) is 58.2 Å². The van der Waals surface area contributed by atoms with Crippen LogP contribution in [0.25, 0.3) is 11.2 Å². The van der Waals surface area contributed by atoms with Crippen molar-refractivity contribution >= 4 is 28.7 Å². The standard InChI is InChI=1S/C30H38F2N6O5S/c1-6-9-44-28-34-26(33-20-11-17(20)15-7-8-18(31)19(32)10-15)23-27(35-28)38(37-36-23)21-12-22(25-24(21)42-30(4,5)43-25)39-13-16-14-40-29(2,3)41-16/h7-8,10,16-17,20-22,24-25H,6,9,11-14H2,1-5H3,(H,33,34,35)/t16?,17-,20+,21+,22-,24?,25+/m0/s1. The Balaban J connectivity index is 1.15. The first-order chi connectivity index (χ1) is 21.0. The Hall–Kier alpha value is -2.49. The number of halogens is 2. The Morgan fingerprint density at radius 2 is 1.86 bits per heavy atom. The van der Waals surface area contributed by atoms with Crippen LogP contribution >= 0.6 is 11.8 Å². The summed E-state index contributed by atoms with van der Waals surface area (Å²) < 4.78 is 60.0. The molecule has 2 saturated heterocycles. The molecule has 0 amide bonds. The van der Waals surface area contributed by atoms with Gasteiger partial charge in [0, 0.05) is 24.1 Å². The van der Waals surface area contributed by atoms with Crippen molar-refractivity contribution in [2.75, 3.05) is 24.3 Å². The molecule has 2 saturated carbocycles. The Labute approximate surface area is 258 Å². The molecule has 11 nitrogen and oxygen atoms in total. The largest absolute Gasteiger partial charge is 0.373 e. The van der Waals surface area contributed by atoms with E-state index in [2.05, 4.69) is 22.6 Å². The van der Waals surface area contributed by atoms with Crippen LogP contribution in [0.1, 0.15) is 71.4 Å². The summed E-state index contributed by atoms with van der Waals surface area (Å²) in [6.07, 6.45) is 1.27. The minimum absolute atomic E-state index is 0.0000873. The third-order valence-electron chi connectivity index (χ3n) is 8.48. The lowest BCUT2D eigenvalue weighted by molar-refractivity contribution is -0.176. The molecule has 4 aliphatic rings. The molecule has 1 N–H and O–H groups in total. The molecule has 2 aromatic heterocycles. The van der Waals surface area contributed by atoms with Crippen molar-refractivity contribution in [1.29, 1.82) is 0 Å². The van der Waals surface area contributed by atoms with Crippen LogP contribution in [0.15, 0.2) is 23.4 Å². The van der Waals surface area contributed by atoms with Crippen LogP contribution in [0.4, 0.5) is 14.6 Å². The molecule has 2 aliphatic heterocycles. The lowest BCUT2D eigenvalue weighted by Crippen LogP contribution is -2.34. The molecular formula is C30H38F2N6O5S. The van der Waals surface area contributed by atoms with Crippen molar-refractivity contribution in [2.24, 2.45) is 0 Å². The lowest BCUT2D eigenvalue weighted by atomic mass is 10.1. The van der Waals surface area contributed by atoms with Crippen LogP contribution < -0.4 is 5.32 Å². The van der Waals surface area contributed by atoms with E-state index in [1.807, 2.05) is 32.4 Å². The monoisotopic (exact) mass is 632 g/mol. The summed E-state index contributed by atoms with van der Waals surface area (Å²) in [4.78, 5) is 9.68. The first-order valence-corrected chi connectivity index (χ1v) is 16.2. The molecule has 238 valence electrons. The third-order valence-corrected chi connectivity index (χ3v) is 9.54. The van der Waals surface area contributed by atoms with E-state index in [1.165, 1.54) is 12.1 Å². The predicted molar refractivity (Wildman–Crippen MR) is 157 cm³/mol. The second kappa shape index (κ2) is 11.4. The number of benzene rings is 1. The second-order valence-corrected chi connectivity index (χ2v) is 13.9. The maximum atomic E-state index is 13.9. The molecular weight excluding hydrogens is 594 g/mol. The highest BCUT2D eigenvalue weighted by Crippen LogP contribution is 2.47. The van der Waals surface area contributed by atoms with Crippen molar-refractivity contribution in [3.05, 3.63) is 35.4 Å². The molecule has 3 aromatic rings. The van der Waals surface area contributed by atoms with Gasteiger partial charge in [0.2, 0.25) is 0 Å². The number of hydrogen-bond donors (Lipinski definition) is 1. The van der Waals surface area contributed by atoms with Gasteiger partial charge in [0.05, 0.1) is 25.4 Å². The summed E-state index contributed by atoms with van der Waals surface area (Å²) in [5.74, 6) is -1.64. The van der Waals surface area contributed by atoms with Crippen LogP contribution in [-0.2, 0) is 23.7 Å². The number of fused-ring (bicyclic) bond motifs is 2. The van der Waals surface area contributed by atoms with Gasteiger partial charge in [-0.3, -0.25) is 0 Å². The average Bonchev–Trinajstić information content (AvgIpc) is 3.20. The number of thioether (sulfide) groups is 1. The number of nitrogens with one attached hydrogen (secondary N) is 1. The van der Waals surface area contributed by atoms with Gasteiger partial charge in [-0.25, -0.2) is 23.4 Å². The van der Waals surface area contributed by atoms with E-state index >= 15 is 0 Å². The topological polar surface area (TPSA) is 115 Å². The molecule has 7 rings (SSSR count). The molecule has 7 atom stereocenters. The number of ether oxygens (including phenoxy) is 5. The van der Waals surface area contributed by atoms with Crippen LogP contribution in [0.5, 0.6) is 0 Å². The lowest BCUT2D eigenvalue weighted by Gasteiger charge is -2.24. The highest BCUT2D eigenvalue weighted by molar-refractivity contribution is 7.99. The van der Waals surface area contributed by atoms with Crippen molar-refractivity contribution in [1.82, 2.24) is 25.0 Å². The van der Waals surface area contributed by atoms with E-state index in [9.17, 15) is 8.78 Å². The minimum Gasteiger partial charge on any atom is -0.373 e. The molecule has 44 heavy (non-hydrogen) atoms. The Bertz CT molecular complexity index is 1540. The molecule has 4 heterocycles. The predicted octanol–water partition coefficient (Wildman–Crippen LogP) is 4.97. The zero-order valence-electron chi connectivity index (χ0n) is 25.5. The van der Waals surface area contributed by atoms with Crippen molar-refractivity contribution in [2.45, 2.75) is 113 Å². The molecule has 4 fully saturated rings. The molecule has 0 bridgehead atoms. The van der Waals surface area contributed by atoms with E-state index in [1.54, 1.807) is 17.8 Å². The van der Waals surface area contributed by atoms with Gasteiger partial charge in [0.15, 0.2) is 45.3 Å². The van der Waals surface area contributed by atoms with Gasteiger partial charge in [-0.1, -0.05) is 30.0 Å². The van der Waals surface area contributed by atoms with E-state index in [0.29, 0.717) is 41.8 Å². The van der Waals surface area contributed by atoms with Crippen LogP contribution in [-0.4, -0.2) is 86.0 Å². The third kappa shape index (κ3) is 5.92. The number of nitrogens with zero attached hydrogens (tertiary/aromatic N) is 5. The molecule has 0 spiro atoms. The number of aromatic nitrogens is 5. The first kappa shape index (κ1) is 30.2. The van der Waals surface area contributed by atoms with E-state index in [0.717, 1.165) is 24.2 Å². The van der Waals surface area contributed by atoms with Crippen LogP contribution in [0.3, 0.4) is 0 Å². The van der Waals surface area contributed by atoms with E-state index in [4.69, 9.17) is 33.7 Å². The summed E-state index contributed by atoms with van der Waals surface area (Å²) in [7, 11) is 0. The number of hydrogen-bond acceptors (Lipinski definition) is 11. The second-order valence-electron chi connectivity index (χ2n) is 12.9. The smallest absolute Gasteiger partial charge is 0.191 e. The van der Waals surface area contributed by atoms with Crippen LogP contribution in [0.2, 0.25) is 0 Å².